The third-order valence-corrected chi connectivity index (χ3v) is 6.48. The summed E-state index contributed by atoms with van der Waals surface area (Å²) in [6.45, 7) is 10.4. The average molecular weight is 373 g/mol. The van der Waals surface area contributed by atoms with Crippen LogP contribution in [0.15, 0.2) is 37.4 Å². The van der Waals surface area contributed by atoms with Gasteiger partial charge in [-0.2, -0.15) is 0 Å². The smallest absolute Gasteiger partial charge is 0.240 e. The van der Waals surface area contributed by atoms with Crippen molar-refractivity contribution in [2.24, 2.45) is 30.7 Å². The first-order chi connectivity index (χ1) is 13.0. The van der Waals surface area contributed by atoms with Gasteiger partial charge in [-0.05, 0) is 56.3 Å². The number of nitrogens with zero attached hydrogens (tertiary/aromatic N) is 4. The maximum absolute atomic E-state index is 2.38. The average Bonchev–Trinajstić information content (AvgIpc) is 3.41. The molecule has 4 nitrogen and oxygen atoms in total. The topological polar surface area (TPSA) is 17.6 Å². The predicted octanol–water partition coefficient (Wildman–Crippen LogP) is 3.98. The SMILES string of the molecule is CC1CCC(Cn2cc[n+](C)c2)C1.CCn1cc[n+](CC2CCC(C)C2)c1. The van der Waals surface area contributed by atoms with E-state index in [2.05, 4.69) is 83.5 Å². The van der Waals surface area contributed by atoms with Crippen LogP contribution in [-0.4, -0.2) is 9.13 Å². The minimum atomic E-state index is 0.919. The molecule has 4 rings (SSSR count). The van der Waals surface area contributed by atoms with Crippen molar-refractivity contribution < 1.29 is 9.13 Å². The van der Waals surface area contributed by atoms with E-state index in [0.717, 1.165) is 30.2 Å². The van der Waals surface area contributed by atoms with Gasteiger partial charge in [0.15, 0.2) is 0 Å². The quantitative estimate of drug-likeness (QED) is 0.707. The summed E-state index contributed by atoms with van der Waals surface area (Å²) in [5, 5.41) is 0. The van der Waals surface area contributed by atoms with Gasteiger partial charge in [0.1, 0.15) is 24.8 Å². The highest BCUT2D eigenvalue weighted by molar-refractivity contribution is 4.76. The Morgan fingerprint density at radius 3 is 2.04 bits per heavy atom. The summed E-state index contributed by atoms with van der Waals surface area (Å²) in [7, 11) is 2.08. The predicted molar refractivity (Wildman–Crippen MR) is 109 cm³/mol. The number of rotatable bonds is 5. The van der Waals surface area contributed by atoms with Gasteiger partial charge in [-0.25, -0.2) is 18.3 Å². The second-order valence-corrected chi connectivity index (χ2v) is 9.29. The van der Waals surface area contributed by atoms with E-state index in [1.807, 2.05) is 0 Å². The van der Waals surface area contributed by atoms with E-state index in [0.29, 0.717) is 0 Å². The summed E-state index contributed by atoms with van der Waals surface area (Å²) in [6, 6.07) is 0. The molecule has 0 aliphatic heterocycles. The summed E-state index contributed by atoms with van der Waals surface area (Å²) in [5.41, 5.74) is 0. The molecular formula is C23H40N4+2. The van der Waals surface area contributed by atoms with Gasteiger partial charge in [0.05, 0.1) is 26.7 Å². The molecule has 2 aromatic rings. The van der Waals surface area contributed by atoms with E-state index in [1.165, 1.54) is 51.6 Å². The van der Waals surface area contributed by atoms with Gasteiger partial charge in [0.2, 0.25) is 12.7 Å². The molecule has 0 saturated heterocycles. The van der Waals surface area contributed by atoms with Gasteiger partial charge in [0.25, 0.3) is 0 Å². The van der Waals surface area contributed by atoms with Crippen LogP contribution in [0, 0.1) is 23.7 Å². The van der Waals surface area contributed by atoms with Crippen molar-refractivity contribution in [3.8, 4) is 0 Å². The molecule has 27 heavy (non-hydrogen) atoms. The van der Waals surface area contributed by atoms with Gasteiger partial charge >= 0.3 is 0 Å². The van der Waals surface area contributed by atoms with Gasteiger partial charge in [-0.15, -0.1) is 0 Å². The Labute approximate surface area is 165 Å². The van der Waals surface area contributed by atoms with Crippen molar-refractivity contribution in [1.29, 1.82) is 0 Å². The van der Waals surface area contributed by atoms with Crippen LogP contribution in [0.5, 0.6) is 0 Å². The standard InChI is InChI=1S/C12H21N2.C11H19N2/c1-3-13-6-7-14(10-13)9-12-5-4-11(2)8-12;1-10-3-4-11(7-10)8-13-6-5-12(2)9-13/h6-7,10-12H,3-5,8-9H2,1-2H3;5-6,9-11H,3-4,7-8H2,1-2H3/q2*+1. The fraction of sp³-hybridized carbons (Fsp3) is 0.739. The summed E-state index contributed by atoms with van der Waals surface area (Å²) in [6.07, 6.45) is 21.6. The molecule has 2 aromatic heterocycles. The highest BCUT2D eigenvalue weighted by Crippen LogP contribution is 2.31. The van der Waals surface area contributed by atoms with Gasteiger partial charge in [-0.3, -0.25) is 0 Å². The molecule has 0 N–H and O–H groups in total. The van der Waals surface area contributed by atoms with Crippen LogP contribution in [0.3, 0.4) is 0 Å². The maximum Gasteiger partial charge on any atom is 0.243 e. The first-order valence-electron chi connectivity index (χ1n) is 11.1. The molecule has 2 heterocycles. The first-order valence-corrected chi connectivity index (χ1v) is 11.1. The molecule has 4 atom stereocenters. The lowest BCUT2D eigenvalue weighted by atomic mass is 10.1. The molecule has 2 fully saturated rings. The van der Waals surface area contributed by atoms with Crippen LogP contribution in [-0.2, 0) is 26.7 Å². The second-order valence-electron chi connectivity index (χ2n) is 9.29. The molecule has 0 spiro atoms. The summed E-state index contributed by atoms with van der Waals surface area (Å²) in [4.78, 5) is 0. The molecule has 4 heteroatoms. The zero-order valence-corrected chi connectivity index (χ0v) is 17.9. The molecule has 2 saturated carbocycles. The van der Waals surface area contributed by atoms with Crippen LogP contribution >= 0.6 is 0 Å². The minimum Gasteiger partial charge on any atom is -0.240 e. The molecule has 0 bridgehead atoms. The van der Waals surface area contributed by atoms with E-state index >= 15 is 0 Å². The Morgan fingerprint density at radius 2 is 1.52 bits per heavy atom. The second kappa shape index (κ2) is 9.57. The molecule has 150 valence electrons. The van der Waals surface area contributed by atoms with Crippen molar-refractivity contribution in [3.63, 3.8) is 0 Å². The number of aromatic nitrogens is 4. The van der Waals surface area contributed by atoms with E-state index in [1.54, 1.807) is 0 Å². The lowest BCUT2D eigenvalue weighted by molar-refractivity contribution is -0.702. The number of imidazole rings is 2. The Morgan fingerprint density at radius 1 is 0.852 bits per heavy atom. The van der Waals surface area contributed by atoms with Gasteiger partial charge in [0, 0.05) is 0 Å². The fourth-order valence-corrected chi connectivity index (χ4v) is 4.92. The fourth-order valence-electron chi connectivity index (χ4n) is 4.92. The van der Waals surface area contributed by atoms with E-state index in [4.69, 9.17) is 0 Å². The van der Waals surface area contributed by atoms with Crippen LogP contribution in [0.2, 0.25) is 0 Å². The lowest BCUT2D eigenvalue weighted by Gasteiger charge is -2.05. The number of aryl methyl sites for hydroxylation is 2. The Bertz CT molecular complexity index is 686. The highest BCUT2D eigenvalue weighted by atomic mass is 15.1. The van der Waals surface area contributed by atoms with Gasteiger partial charge in [-0.1, -0.05) is 26.7 Å². The van der Waals surface area contributed by atoms with Crippen LogP contribution in [0.4, 0.5) is 0 Å². The Hall–Kier alpha value is -1.58. The number of hydrogen-bond donors (Lipinski definition) is 0. The summed E-state index contributed by atoms with van der Waals surface area (Å²) in [5.74, 6) is 3.74. The van der Waals surface area contributed by atoms with Crippen LogP contribution < -0.4 is 9.13 Å². The van der Waals surface area contributed by atoms with E-state index in [9.17, 15) is 0 Å². The van der Waals surface area contributed by atoms with Crippen LogP contribution in [0.1, 0.15) is 59.3 Å². The van der Waals surface area contributed by atoms with Gasteiger partial charge < -0.3 is 0 Å². The molecule has 4 unspecified atom stereocenters. The monoisotopic (exact) mass is 372 g/mol. The molecule has 2 aliphatic rings. The van der Waals surface area contributed by atoms with E-state index < -0.39 is 0 Å². The van der Waals surface area contributed by atoms with Crippen LogP contribution in [0.25, 0.3) is 0 Å². The summed E-state index contributed by atoms with van der Waals surface area (Å²) < 4.78 is 8.99. The highest BCUT2D eigenvalue weighted by Gasteiger charge is 2.24. The van der Waals surface area contributed by atoms with Crippen molar-refractivity contribution >= 4 is 0 Å². The number of hydrogen-bond acceptors (Lipinski definition) is 0. The maximum atomic E-state index is 2.38. The molecule has 0 radical (unpaired) electrons. The molecule has 0 aromatic carbocycles. The Balaban J connectivity index is 0.000000156. The largest absolute Gasteiger partial charge is 0.243 e. The van der Waals surface area contributed by atoms with Crippen molar-refractivity contribution in [1.82, 2.24) is 9.13 Å². The van der Waals surface area contributed by atoms with Crippen molar-refractivity contribution in [3.05, 3.63) is 37.4 Å². The molecule has 2 aliphatic carbocycles. The summed E-state index contributed by atoms with van der Waals surface area (Å²) >= 11 is 0. The first kappa shape index (κ1) is 20.2. The Kier molecular flexibility index (Phi) is 7.14. The minimum absolute atomic E-state index is 0.919. The zero-order chi connectivity index (χ0) is 19.2. The zero-order valence-electron chi connectivity index (χ0n) is 17.9. The lowest BCUT2D eigenvalue weighted by Crippen LogP contribution is -2.34. The molecular weight excluding hydrogens is 332 g/mol. The normalized spacial score (nSPS) is 27.6. The third-order valence-electron chi connectivity index (χ3n) is 6.48. The molecule has 0 amide bonds. The van der Waals surface area contributed by atoms with Crippen molar-refractivity contribution in [2.75, 3.05) is 0 Å². The third kappa shape index (κ3) is 6.22. The van der Waals surface area contributed by atoms with E-state index in [-0.39, 0.29) is 0 Å². The van der Waals surface area contributed by atoms with Crippen molar-refractivity contribution in [2.45, 2.75) is 78.9 Å².